The lowest BCUT2D eigenvalue weighted by Crippen LogP contribution is -2.05. The van der Waals surface area contributed by atoms with Gasteiger partial charge in [0.05, 0.1) is 5.69 Å². The molecule has 0 unspecified atom stereocenters. The van der Waals surface area contributed by atoms with Crippen molar-refractivity contribution in [1.82, 2.24) is 15.3 Å². The number of nitrogens with zero attached hydrogens (tertiary/aromatic N) is 2. The first-order valence-electron chi connectivity index (χ1n) is 6.91. The molecule has 0 amide bonds. The second-order valence-electron chi connectivity index (χ2n) is 5.02. The maximum atomic E-state index is 4.92. The van der Waals surface area contributed by atoms with Crippen LogP contribution < -0.4 is 5.32 Å². The average molecular weight is 273 g/mol. The van der Waals surface area contributed by atoms with Gasteiger partial charge in [0, 0.05) is 35.3 Å². The number of aryl methyl sites for hydroxylation is 1. The summed E-state index contributed by atoms with van der Waals surface area (Å²) in [6, 6.07) is 2.09. The van der Waals surface area contributed by atoms with Crippen LogP contribution in [-0.4, -0.2) is 17.0 Å². The monoisotopic (exact) mass is 273 g/mol. The normalized spacial score (nSPS) is 14.8. The van der Waals surface area contributed by atoms with E-state index < -0.39 is 0 Å². The molecule has 0 aliphatic heterocycles. The SMILES string of the molecule is CCc1cnccc1-c1nc(C2CC2)c(CNC)s1. The number of rotatable bonds is 5. The van der Waals surface area contributed by atoms with Crippen LogP contribution >= 0.6 is 11.3 Å². The molecule has 0 spiro atoms. The lowest BCUT2D eigenvalue weighted by atomic mass is 10.1. The standard InChI is InChI=1S/C15H19N3S/c1-3-10-8-17-7-6-12(10)15-18-14(11-4-5-11)13(19-15)9-16-2/h6-8,11,16H,3-5,9H2,1-2H3. The minimum atomic E-state index is 0.709. The van der Waals surface area contributed by atoms with Crippen molar-refractivity contribution in [3.05, 3.63) is 34.6 Å². The molecule has 2 heterocycles. The van der Waals surface area contributed by atoms with Gasteiger partial charge in [-0.05, 0) is 37.9 Å². The summed E-state index contributed by atoms with van der Waals surface area (Å²) in [6.45, 7) is 3.10. The first kappa shape index (κ1) is 12.8. The first-order chi connectivity index (χ1) is 9.33. The molecule has 0 aromatic carbocycles. The molecule has 1 N–H and O–H groups in total. The molecule has 0 saturated heterocycles. The van der Waals surface area contributed by atoms with Gasteiger partial charge in [-0.3, -0.25) is 4.98 Å². The van der Waals surface area contributed by atoms with Crippen molar-refractivity contribution < 1.29 is 0 Å². The van der Waals surface area contributed by atoms with Crippen LogP contribution in [0.4, 0.5) is 0 Å². The molecule has 1 saturated carbocycles. The molecule has 0 radical (unpaired) electrons. The van der Waals surface area contributed by atoms with E-state index in [4.69, 9.17) is 4.98 Å². The zero-order valence-electron chi connectivity index (χ0n) is 11.4. The Kier molecular flexibility index (Phi) is 3.62. The van der Waals surface area contributed by atoms with E-state index in [-0.39, 0.29) is 0 Å². The van der Waals surface area contributed by atoms with E-state index in [2.05, 4.69) is 23.3 Å². The summed E-state index contributed by atoms with van der Waals surface area (Å²) in [6.07, 6.45) is 7.44. The van der Waals surface area contributed by atoms with E-state index in [0.717, 1.165) is 18.0 Å². The van der Waals surface area contributed by atoms with Crippen LogP contribution in [0.1, 0.15) is 41.8 Å². The molecule has 2 aromatic heterocycles. The van der Waals surface area contributed by atoms with E-state index in [1.54, 1.807) is 0 Å². The number of aromatic nitrogens is 2. The minimum absolute atomic E-state index is 0.709. The number of pyridine rings is 1. The fraction of sp³-hybridized carbons (Fsp3) is 0.467. The van der Waals surface area contributed by atoms with Crippen molar-refractivity contribution >= 4 is 11.3 Å². The molecule has 19 heavy (non-hydrogen) atoms. The Hall–Kier alpha value is -1.26. The molecule has 1 aliphatic rings. The van der Waals surface area contributed by atoms with E-state index in [1.807, 2.05) is 30.8 Å². The molecular weight excluding hydrogens is 254 g/mol. The fourth-order valence-corrected chi connectivity index (χ4v) is 3.58. The highest BCUT2D eigenvalue weighted by Gasteiger charge is 2.29. The van der Waals surface area contributed by atoms with Gasteiger partial charge < -0.3 is 5.32 Å². The predicted molar refractivity (Wildman–Crippen MR) is 79.5 cm³/mol. The number of nitrogens with one attached hydrogen (secondary N) is 1. The van der Waals surface area contributed by atoms with Gasteiger partial charge in [0.15, 0.2) is 0 Å². The highest BCUT2D eigenvalue weighted by Crippen LogP contribution is 2.44. The van der Waals surface area contributed by atoms with E-state index in [1.165, 1.54) is 34.5 Å². The third kappa shape index (κ3) is 2.55. The number of hydrogen-bond acceptors (Lipinski definition) is 4. The van der Waals surface area contributed by atoms with Gasteiger partial charge in [-0.1, -0.05) is 6.92 Å². The third-order valence-electron chi connectivity index (χ3n) is 3.54. The van der Waals surface area contributed by atoms with Crippen LogP contribution in [-0.2, 0) is 13.0 Å². The van der Waals surface area contributed by atoms with E-state index in [0.29, 0.717) is 5.92 Å². The van der Waals surface area contributed by atoms with Gasteiger partial charge in [-0.15, -0.1) is 11.3 Å². The Bertz CT molecular complexity index is 573. The Balaban J connectivity index is 2.02. The van der Waals surface area contributed by atoms with Gasteiger partial charge in [-0.25, -0.2) is 4.98 Å². The molecule has 3 rings (SSSR count). The van der Waals surface area contributed by atoms with Crippen LogP contribution in [0.3, 0.4) is 0 Å². The fourth-order valence-electron chi connectivity index (χ4n) is 2.36. The molecule has 2 aromatic rings. The molecule has 0 bridgehead atoms. The summed E-state index contributed by atoms with van der Waals surface area (Å²) in [4.78, 5) is 10.5. The van der Waals surface area contributed by atoms with Crippen LogP contribution in [0, 0.1) is 0 Å². The Labute approximate surface area is 118 Å². The van der Waals surface area contributed by atoms with Crippen molar-refractivity contribution in [3.63, 3.8) is 0 Å². The topological polar surface area (TPSA) is 37.8 Å². The maximum Gasteiger partial charge on any atom is 0.124 e. The zero-order valence-corrected chi connectivity index (χ0v) is 12.3. The van der Waals surface area contributed by atoms with Crippen molar-refractivity contribution in [1.29, 1.82) is 0 Å². The first-order valence-corrected chi connectivity index (χ1v) is 7.72. The molecule has 100 valence electrons. The average Bonchev–Trinajstić information content (AvgIpc) is 3.21. The Morgan fingerprint density at radius 1 is 1.42 bits per heavy atom. The van der Waals surface area contributed by atoms with E-state index >= 15 is 0 Å². The maximum absolute atomic E-state index is 4.92. The lowest BCUT2D eigenvalue weighted by Gasteiger charge is -2.02. The number of hydrogen-bond donors (Lipinski definition) is 1. The summed E-state index contributed by atoms with van der Waals surface area (Å²) >= 11 is 1.83. The van der Waals surface area contributed by atoms with Crippen LogP contribution in [0.2, 0.25) is 0 Å². The number of thiazole rings is 1. The lowest BCUT2D eigenvalue weighted by molar-refractivity contribution is 0.813. The molecular formula is C15H19N3S. The predicted octanol–water partition coefficient (Wildman–Crippen LogP) is 3.36. The molecule has 1 fully saturated rings. The molecule has 1 aliphatic carbocycles. The summed E-state index contributed by atoms with van der Waals surface area (Å²) in [5.41, 5.74) is 3.87. The summed E-state index contributed by atoms with van der Waals surface area (Å²) in [5, 5.41) is 4.42. The largest absolute Gasteiger partial charge is 0.315 e. The smallest absolute Gasteiger partial charge is 0.124 e. The third-order valence-corrected chi connectivity index (χ3v) is 4.65. The van der Waals surface area contributed by atoms with Gasteiger partial charge in [0.1, 0.15) is 5.01 Å². The van der Waals surface area contributed by atoms with Crippen LogP contribution in [0.15, 0.2) is 18.5 Å². The van der Waals surface area contributed by atoms with Gasteiger partial charge in [0.2, 0.25) is 0 Å². The quantitative estimate of drug-likeness (QED) is 0.907. The van der Waals surface area contributed by atoms with Crippen molar-refractivity contribution in [2.24, 2.45) is 0 Å². The molecule has 3 nitrogen and oxygen atoms in total. The van der Waals surface area contributed by atoms with Gasteiger partial charge in [0.25, 0.3) is 0 Å². The van der Waals surface area contributed by atoms with E-state index in [9.17, 15) is 0 Å². The van der Waals surface area contributed by atoms with Crippen molar-refractivity contribution in [2.45, 2.75) is 38.6 Å². The van der Waals surface area contributed by atoms with Crippen molar-refractivity contribution in [3.8, 4) is 10.6 Å². The van der Waals surface area contributed by atoms with Gasteiger partial charge >= 0.3 is 0 Å². The molecule has 0 atom stereocenters. The minimum Gasteiger partial charge on any atom is -0.315 e. The van der Waals surface area contributed by atoms with Crippen LogP contribution in [0.25, 0.3) is 10.6 Å². The Morgan fingerprint density at radius 2 is 2.26 bits per heavy atom. The summed E-state index contributed by atoms with van der Waals surface area (Å²) in [5.74, 6) is 0.709. The molecule has 4 heteroatoms. The van der Waals surface area contributed by atoms with Crippen molar-refractivity contribution in [2.75, 3.05) is 7.05 Å². The summed E-state index contributed by atoms with van der Waals surface area (Å²) < 4.78 is 0. The van der Waals surface area contributed by atoms with Gasteiger partial charge in [-0.2, -0.15) is 0 Å². The second-order valence-corrected chi connectivity index (χ2v) is 6.10. The summed E-state index contributed by atoms with van der Waals surface area (Å²) in [7, 11) is 2.00. The Morgan fingerprint density at radius 3 is 2.95 bits per heavy atom. The highest BCUT2D eigenvalue weighted by molar-refractivity contribution is 7.15. The highest BCUT2D eigenvalue weighted by atomic mass is 32.1. The zero-order chi connectivity index (χ0) is 13.2. The second kappa shape index (κ2) is 5.39. The van der Waals surface area contributed by atoms with Crippen LogP contribution in [0.5, 0.6) is 0 Å².